The first kappa shape index (κ1) is 30.1. The van der Waals surface area contributed by atoms with Crippen LogP contribution in [0.4, 0.5) is 10.6 Å². The van der Waals surface area contributed by atoms with Crippen molar-refractivity contribution in [1.29, 1.82) is 0 Å². The van der Waals surface area contributed by atoms with Gasteiger partial charge in [-0.1, -0.05) is 43.5 Å². The van der Waals surface area contributed by atoms with Crippen LogP contribution in [0, 0.1) is 6.92 Å². The third kappa shape index (κ3) is 6.66. The van der Waals surface area contributed by atoms with Crippen molar-refractivity contribution in [3.8, 4) is 5.75 Å². The average molecular weight is 599 g/mol. The van der Waals surface area contributed by atoms with Crippen molar-refractivity contribution >= 4 is 27.8 Å². The molecule has 1 aliphatic heterocycles. The number of nitrogens with one attached hydrogen (secondary N) is 2. The lowest BCUT2D eigenvalue weighted by molar-refractivity contribution is -0.128. The lowest BCUT2D eigenvalue weighted by atomic mass is 9.83. The molecule has 0 unspecified atom stereocenters. The van der Waals surface area contributed by atoms with Gasteiger partial charge in [0.15, 0.2) is 10.6 Å². The SMILES string of the molecule is Cc1cccc(C2CCCCC2)c1OC1(C(=O)NS(=O)(=O)c2cccc(N3CC(C)(NC(=O)OC(C)(C)C)C3)n2)CC1. The zero-order valence-corrected chi connectivity index (χ0v) is 26.0. The third-order valence-corrected chi connectivity index (χ3v) is 9.35. The minimum atomic E-state index is -4.25. The van der Waals surface area contributed by atoms with Crippen LogP contribution in [0.15, 0.2) is 41.4 Å². The molecule has 2 saturated carbocycles. The van der Waals surface area contributed by atoms with Gasteiger partial charge in [0.1, 0.15) is 17.2 Å². The van der Waals surface area contributed by atoms with E-state index in [-0.39, 0.29) is 5.03 Å². The summed E-state index contributed by atoms with van der Waals surface area (Å²) in [6, 6.07) is 10.7. The van der Waals surface area contributed by atoms with Crippen molar-refractivity contribution in [3.05, 3.63) is 47.5 Å². The van der Waals surface area contributed by atoms with E-state index in [4.69, 9.17) is 9.47 Å². The van der Waals surface area contributed by atoms with Gasteiger partial charge in [-0.3, -0.25) is 4.79 Å². The van der Waals surface area contributed by atoms with Gasteiger partial charge in [-0.15, -0.1) is 0 Å². The molecule has 0 atom stereocenters. The largest absolute Gasteiger partial charge is 0.477 e. The molecule has 11 heteroatoms. The second-order valence-electron chi connectivity index (χ2n) is 13.2. The summed E-state index contributed by atoms with van der Waals surface area (Å²) in [5.74, 6) is 0.843. The maximum absolute atomic E-state index is 13.4. The molecule has 2 aliphatic carbocycles. The number of hydrogen-bond acceptors (Lipinski definition) is 8. The molecular weight excluding hydrogens is 556 g/mol. The first-order valence-corrected chi connectivity index (χ1v) is 16.3. The molecule has 1 saturated heterocycles. The number of carbonyl (C=O) groups excluding carboxylic acids is 2. The summed E-state index contributed by atoms with van der Waals surface area (Å²) in [5, 5.41) is 2.62. The molecule has 0 bridgehead atoms. The van der Waals surface area contributed by atoms with E-state index in [0.29, 0.717) is 43.4 Å². The molecule has 2 amide bonds. The Morgan fingerprint density at radius 3 is 2.33 bits per heavy atom. The maximum atomic E-state index is 13.4. The third-order valence-electron chi connectivity index (χ3n) is 8.12. The number of benzene rings is 1. The monoisotopic (exact) mass is 598 g/mol. The molecule has 42 heavy (non-hydrogen) atoms. The topological polar surface area (TPSA) is 127 Å². The van der Waals surface area contributed by atoms with Gasteiger partial charge in [0.2, 0.25) is 0 Å². The molecule has 2 N–H and O–H groups in total. The van der Waals surface area contributed by atoms with Gasteiger partial charge in [-0.25, -0.2) is 14.5 Å². The van der Waals surface area contributed by atoms with Gasteiger partial charge < -0.3 is 19.7 Å². The number of nitrogens with zero attached hydrogens (tertiary/aromatic N) is 2. The fourth-order valence-electron chi connectivity index (χ4n) is 5.82. The van der Waals surface area contributed by atoms with Crippen molar-refractivity contribution in [3.63, 3.8) is 0 Å². The first-order chi connectivity index (χ1) is 19.7. The number of anilines is 1. The van der Waals surface area contributed by atoms with E-state index in [9.17, 15) is 18.0 Å². The maximum Gasteiger partial charge on any atom is 0.408 e. The van der Waals surface area contributed by atoms with Crippen molar-refractivity contribution in [1.82, 2.24) is 15.0 Å². The van der Waals surface area contributed by atoms with Crippen molar-refractivity contribution < 1.29 is 27.5 Å². The summed E-state index contributed by atoms with van der Waals surface area (Å²) in [6.45, 7) is 10.1. The Morgan fingerprint density at radius 2 is 1.69 bits per heavy atom. The molecule has 10 nitrogen and oxygen atoms in total. The summed E-state index contributed by atoms with van der Waals surface area (Å²) in [5.41, 5.74) is -0.326. The Bertz CT molecular complexity index is 1450. The summed E-state index contributed by atoms with van der Waals surface area (Å²) in [7, 11) is -4.25. The van der Waals surface area contributed by atoms with Gasteiger partial charge in [-0.2, -0.15) is 8.42 Å². The van der Waals surface area contributed by atoms with Crippen molar-refractivity contribution in [2.45, 2.75) is 107 Å². The lowest BCUT2D eigenvalue weighted by Gasteiger charge is -2.48. The number of aryl methyl sites for hydroxylation is 1. The Balaban J connectivity index is 1.25. The zero-order valence-electron chi connectivity index (χ0n) is 25.2. The predicted octanol–water partition coefficient (Wildman–Crippen LogP) is 4.96. The molecule has 3 aliphatic rings. The standard InChI is InChI=1S/C31H42N4O6S/c1-21-11-9-14-23(22-12-7-6-8-13-22)26(21)40-31(17-18-31)27(36)34-42(38,39)25-16-10-15-24(32-25)35-19-30(5,20-35)33-28(37)41-29(2,3)4/h9-11,14-16,22H,6-8,12-13,17-20H2,1-5H3,(H,33,37)(H,34,36). The fourth-order valence-corrected chi connectivity index (χ4v) is 6.82. The Labute approximate surface area is 248 Å². The average Bonchev–Trinajstić information content (AvgIpc) is 3.68. The van der Waals surface area contributed by atoms with E-state index < -0.39 is 38.8 Å². The van der Waals surface area contributed by atoms with E-state index in [1.807, 2.05) is 30.9 Å². The molecule has 0 radical (unpaired) electrons. The summed E-state index contributed by atoms with van der Waals surface area (Å²) < 4.78 is 40.6. The molecule has 1 aromatic heterocycles. The number of hydrogen-bond donors (Lipinski definition) is 2. The number of carbonyl (C=O) groups is 2. The highest BCUT2D eigenvalue weighted by molar-refractivity contribution is 7.90. The minimum Gasteiger partial charge on any atom is -0.477 e. The van der Waals surface area contributed by atoms with E-state index in [2.05, 4.69) is 21.1 Å². The highest BCUT2D eigenvalue weighted by atomic mass is 32.2. The normalized spacial score (nSPS) is 19.8. The van der Waals surface area contributed by atoms with Crippen LogP contribution in [0.5, 0.6) is 5.75 Å². The lowest BCUT2D eigenvalue weighted by Crippen LogP contribution is -2.69. The van der Waals surface area contributed by atoms with Crippen LogP contribution in [-0.4, -0.2) is 55.2 Å². The number of aromatic nitrogens is 1. The van der Waals surface area contributed by atoms with Crippen molar-refractivity contribution in [2.75, 3.05) is 18.0 Å². The van der Waals surface area contributed by atoms with Gasteiger partial charge in [-0.05, 0) is 76.6 Å². The Morgan fingerprint density at radius 1 is 1.02 bits per heavy atom. The van der Waals surface area contributed by atoms with Gasteiger partial charge >= 0.3 is 6.09 Å². The van der Waals surface area contributed by atoms with Crippen LogP contribution in [-0.2, 0) is 19.6 Å². The van der Waals surface area contributed by atoms with Crippen molar-refractivity contribution in [2.24, 2.45) is 0 Å². The minimum absolute atomic E-state index is 0.253. The van der Waals surface area contributed by atoms with Crippen LogP contribution in [0.2, 0.25) is 0 Å². The Hall–Kier alpha value is -3.34. The number of ether oxygens (including phenoxy) is 2. The van der Waals surface area contributed by atoms with E-state index in [1.165, 1.54) is 25.3 Å². The highest BCUT2D eigenvalue weighted by Crippen LogP contribution is 2.46. The van der Waals surface area contributed by atoms with Crippen LogP contribution >= 0.6 is 0 Å². The predicted molar refractivity (Wildman–Crippen MR) is 159 cm³/mol. The number of para-hydroxylation sites is 1. The molecule has 228 valence electrons. The molecule has 2 heterocycles. The first-order valence-electron chi connectivity index (χ1n) is 14.8. The summed E-state index contributed by atoms with van der Waals surface area (Å²) >= 11 is 0. The second-order valence-corrected chi connectivity index (χ2v) is 14.9. The molecule has 2 aromatic rings. The number of pyridine rings is 1. The molecular formula is C31H42N4O6S. The molecule has 0 spiro atoms. The second kappa shape index (κ2) is 11.1. The fraction of sp³-hybridized carbons (Fsp3) is 0.581. The summed E-state index contributed by atoms with van der Waals surface area (Å²) in [4.78, 5) is 31.8. The van der Waals surface area contributed by atoms with Gasteiger partial charge in [0, 0.05) is 25.9 Å². The summed E-state index contributed by atoms with van der Waals surface area (Å²) in [6.07, 6.45) is 6.12. The van der Waals surface area contributed by atoms with E-state index in [1.54, 1.807) is 32.9 Å². The van der Waals surface area contributed by atoms with Crippen LogP contribution in [0.1, 0.15) is 89.7 Å². The molecule has 5 rings (SSSR count). The molecule has 1 aromatic carbocycles. The number of amides is 2. The number of alkyl carbamates (subject to hydrolysis) is 1. The Kier molecular flexibility index (Phi) is 7.93. The zero-order chi connectivity index (χ0) is 30.3. The number of rotatable bonds is 8. The van der Waals surface area contributed by atoms with E-state index >= 15 is 0 Å². The van der Waals surface area contributed by atoms with Crippen LogP contribution < -0.4 is 19.7 Å². The smallest absolute Gasteiger partial charge is 0.408 e. The molecule has 3 fully saturated rings. The van der Waals surface area contributed by atoms with Gasteiger partial charge in [0.05, 0.1) is 5.54 Å². The van der Waals surface area contributed by atoms with Gasteiger partial charge in [0.25, 0.3) is 15.9 Å². The quantitative estimate of drug-likeness (QED) is 0.437. The van der Waals surface area contributed by atoms with Crippen LogP contribution in [0.3, 0.4) is 0 Å². The number of sulfonamides is 1. The van der Waals surface area contributed by atoms with Crippen LogP contribution in [0.25, 0.3) is 0 Å². The highest BCUT2D eigenvalue weighted by Gasteiger charge is 2.55. The van der Waals surface area contributed by atoms with E-state index in [0.717, 1.165) is 24.0 Å².